The second kappa shape index (κ2) is 6.89. The molecule has 116 valence electrons. The highest BCUT2D eigenvalue weighted by Crippen LogP contribution is 2.21. The normalized spacial score (nSPS) is 12.0. The number of ether oxygens (including phenoxy) is 1. The first-order valence-electron chi connectivity index (χ1n) is 6.98. The van der Waals surface area contributed by atoms with Gasteiger partial charge in [-0.2, -0.15) is 0 Å². The Balaban J connectivity index is 2.23. The van der Waals surface area contributed by atoms with Crippen LogP contribution in [0.2, 0.25) is 0 Å². The van der Waals surface area contributed by atoms with Gasteiger partial charge >= 0.3 is 5.97 Å². The number of aliphatic carboxylic acids is 1. The fourth-order valence-corrected chi connectivity index (χ4v) is 2.00. The Morgan fingerprint density at radius 1 is 1.23 bits per heavy atom. The molecule has 0 spiro atoms. The number of nitrogens with zero attached hydrogens (tertiary/aromatic N) is 2. The van der Waals surface area contributed by atoms with Crippen molar-refractivity contribution in [1.29, 1.82) is 0 Å². The van der Waals surface area contributed by atoms with Crippen LogP contribution in [0.4, 0.5) is 5.95 Å². The van der Waals surface area contributed by atoms with Gasteiger partial charge in [-0.15, -0.1) is 0 Å². The highest BCUT2D eigenvalue weighted by Gasteiger charge is 2.22. The minimum absolute atomic E-state index is 0.0780. The maximum absolute atomic E-state index is 11.2. The number of benzene rings is 1. The summed E-state index contributed by atoms with van der Waals surface area (Å²) >= 11 is 0. The van der Waals surface area contributed by atoms with Gasteiger partial charge in [0.1, 0.15) is 11.8 Å². The zero-order chi connectivity index (χ0) is 16.1. The molecule has 1 aromatic carbocycles. The van der Waals surface area contributed by atoms with E-state index in [9.17, 15) is 9.90 Å². The number of anilines is 1. The van der Waals surface area contributed by atoms with Gasteiger partial charge in [0.25, 0.3) is 0 Å². The minimum Gasteiger partial charge on any atom is -0.497 e. The first-order chi connectivity index (χ1) is 10.5. The number of hydrogen-bond acceptors (Lipinski definition) is 5. The number of carbonyl (C=O) groups is 1. The van der Waals surface area contributed by atoms with Gasteiger partial charge in [-0.3, -0.25) is 0 Å². The highest BCUT2D eigenvalue weighted by molar-refractivity contribution is 5.77. The predicted molar refractivity (Wildman–Crippen MR) is 83.9 cm³/mol. The first kappa shape index (κ1) is 15.8. The topological polar surface area (TPSA) is 84.3 Å². The molecule has 0 aliphatic rings. The summed E-state index contributed by atoms with van der Waals surface area (Å²) in [5, 5.41) is 12.1. The molecule has 2 aromatic rings. The maximum atomic E-state index is 11.2. The van der Waals surface area contributed by atoms with E-state index in [1.165, 1.54) is 0 Å². The molecular weight excluding hydrogens is 282 g/mol. The maximum Gasteiger partial charge on any atom is 0.326 e. The molecule has 0 aliphatic carbocycles. The van der Waals surface area contributed by atoms with Gasteiger partial charge in [0, 0.05) is 11.8 Å². The van der Waals surface area contributed by atoms with E-state index >= 15 is 0 Å². The van der Waals surface area contributed by atoms with Crippen LogP contribution in [-0.2, 0) is 4.79 Å². The van der Waals surface area contributed by atoms with Crippen LogP contribution >= 0.6 is 0 Å². The van der Waals surface area contributed by atoms with Gasteiger partial charge in [0.05, 0.1) is 12.8 Å². The lowest BCUT2D eigenvalue weighted by Crippen LogP contribution is -2.34. The summed E-state index contributed by atoms with van der Waals surface area (Å²) in [5.41, 5.74) is 1.62. The summed E-state index contributed by atoms with van der Waals surface area (Å²) in [6, 6.07) is 8.52. The summed E-state index contributed by atoms with van der Waals surface area (Å²) in [6.07, 6.45) is 1.61. The van der Waals surface area contributed by atoms with Crippen molar-refractivity contribution >= 4 is 11.9 Å². The van der Waals surface area contributed by atoms with Gasteiger partial charge in [0.2, 0.25) is 5.95 Å². The van der Waals surface area contributed by atoms with E-state index in [1.54, 1.807) is 19.4 Å². The Labute approximate surface area is 129 Å². The smallest absolute Gasteiger partial charge is 0.326 e. The van der Waals surface area contributed by atoms with Crippen LogP contribution < -0.4 is 10.1 Å². The molecule has 0 fully saturated rings. The van der Waals surface area contributed by atoms with E-state index < -0.39 is 12.0 Å². The van der Waals surface area contributed by atoms with Crippen molar-refractivity contribution in [2.45, 2.75) is 19.9 Å². The lowest BCUT2D eigenvalue weighted by atomic mass is 10.1. The Kier molecular flexibility index (Phi) is 4.93. The largest absolute Gasteiger partial charge is 0.497 e. The average molecular weight is 301 g/mol. The van der Waals surface area contributed by atoms with Crippen LogP contribution in [0.15, 0.2) is 36.5 Å². The van der Waals surface area contributed by atoms with E-state index in [2.05, 4.69) is 15.3 Å². The molecule has 0 bridgehead atoms. The summed E-state index contributed by atoms with van der Waals surface area (Å²) in [7, 11) is 1.61. The van der Waals surface area contributed by atoms with Crippen LogP contribution in [0, 0.1) is 5.92 Å². The molecule has 0 amide bonds. The molecule has 1 atom stereocenters. The third kappa shape index (κ3) is 3.72. The fraction of sp³-hybridized carbons (Fsp3) is 0.312. The molecule has 0 saturated heterocycles. The monoisotopic (exact) mass is 301 g/mol. The van der Waals surface area contributed by atoms with Crippen molar-refractivity contribution in [3.8, 4) is 17.0 Å². The summed E-state index contributed by atoms with van der Waals surface area (Å²) in [6.45, 7) is 3.66. The van der Waals surface area contributed by atoms with Crippen LogP contribution in [0.5, 0.6) is 5.75 Å². The zero-order valence-corrected chi connectivity index (χ0v) is 12.8. The number of nitrogens with one attached hydrogen (secondary N) is 1. The molecule has 1 aromatic heterocycles. The summed E-state index contributed by atoms with van der Waals surface area (Å²) < 4.78 is 5.12. The molecular formula is C16H19N3O3. The van der Waals surface area contributed by atoms with Crippen molar-refractivity contribution in [2.75, 3.05) is 12.4 Å². The van der Waals surface area contributed by atoms with Crippen LogP contribution in [0.3, 0.4) is 0 Å². The third-order valence-corrected chi connectivity index (χ3v) is 3.26. The van der Waals surface area contributed by atoms with Gasteiger partial charge < -0.3 is 15.2 Å². The van der Waals surface area contributed by atoms with Crippen LogP contribution in [-0.4, -0.2) is 34.2 Å². The second-order valence-electron chi connectivity index (χ2n) is 5.20. The molecule has 0 unspecified atom stereocenters. The first-order valence-corrected chi connectivity index (χ1v) is 6.98. The third-order valence-electron chi connectivity index (χ3n) is 3.26. The highest BCUT2D eigenvalue weighted by atomic mass is 16.5. The Hall–Kier alpha value is -2.63. The van der Waals surface area contributed by atoms with Crippen LogP contribution in [0.1, 0.15) is 13.8 Å². The number of carboxylic acid groups (broad SMARTS) is 1. The molecule has 1 heterocycles. The summed E-state index contributed by atoms with van der Waals surface area (Å²) in [5.74, 6) is 0.0653. The molecule has 22 heavy (non-hydrogen) atoms. The molecule has 6 heteroatoms. The summed E-state index contributed by atoms with van der Waals surface area (Å²) in [4.78, 5) is 19.7. The number of hydrogen-bond donors (Lipinski definition) is 2. The quantitative estimate of drug-likeness (QED) is 0.853. The molecule has 2 rings (SSSR count). The van der Waals surface area contributed by atoms with Crippen molar-refractivity contribution < 1.29 is 14.6 Å². The van der Waals surface area contributed by atoms with E-state index in [1.807, 2.05) is 38.1 Å². The van der Waals surface area contributed by atoms with E-state index in [4.69, 9.17) is 4.74 Å². The van der Waals surface area contributed by atoms with Crippen molar-refractivity contribution in [2.24, 2.45) is 5.92 Å². The fourth-order valence-electron chi connectivity index (χ4n) is 2.00. The van der Waals surface area contributed by atoms with Crippen molar-refractivity contribution in [3.05, 3.63) is 36.5 Å². The van der Waals surface area contributed by atoms with E-state index in [-0.39, 0.29) is 5.92 Å². The minimum atomic E-state index is -0.923. The second-order valence-corrected chi connectivity index (χ2v) is 5.20. The van der Waals surface area contributed by atoms with Crippen LogP contribution in [0.25, 0.3) is 11.3 Å². The molecule has 0 saturated carbocycles. The van der Waals surface area contributed by atoms with Gasteiger partial charge in [0.15, 0.2) is 0 Å². The number of methoxy groups -OCH3 is 1. The Morgan fingerprint density at radius 3 is 2.45 bits per heavy atom. The van der Waals surface area contributed by atoms with E-state index in [0.717, 1.165) is 11.3 Å². The molecule has 0 aliphatic heterocycles. The Morgan fingerprint density at radius 2 is 1.91 bits per heavy atom. The standard InChI is InChI=1S/C16H19N3O3/c1-10(2)14(15(20)21)19-16-17-9-8-13(18-16)11-4-6-12(22-3)7-5-11/h4-10,14H,1-3H3,(H,20,21)(H,17,18,19)/t14-/m1/s1. The predicted octanol–water partition coefficient (Wildman–Crippen LogP) is 2.67. The zero-order valence-electron chi connectivity index (χ0n) is 12.8. The number of rotatable bonds is 6. The van der Waals surface area contributed by atoms with Gasteiger partial charge in [-0.1, -0.05) is 13.8 Å². The molecule has 0 radical (unpaired) electrons. The number of carboxylic acids is 1. The van der Waals surface area contributed by atoms with Crippen molar-refractivity contribution in [3.63, 3.8) is 0 Å². The Bertz CT molecular complexity index is 641. The van der Waals surface area contributed by atoms with Gasteiger partial charge in [-0.25, -0.2) is 14.8 Å². The SMILES string of the molecule is COc1ccc(-c2ccnc(N[C@@H](C(=O)O)C(C)C)n2)cc1. The van der Waals surface area contributed by atoms with E-state index in [0.29, 0.717) is 11.6 Å². The van der Waals surface area contributed by atoms with Gasteiger partial charge in [-0.05, 0) is 36.2 Å². The average Bonchev–Trinajstić information content (AvgIpc) is 2.52. The van der Waals surface area contributed by atoms with Crippen molar-refractivity contribution in [1.82, 2.24) is 9.97 Å². The number of aromatic nitrogens is 2. The lowest BCUT2D eigenvalue weighted by Gasteiger charge is -2.18. The lowest BCUT2D eigenvalue weighted by molar-refractivity contribution is -0.138. The molecule has 6 nitrogen and oxygen atoms in total. The molecule has 2 N–H and O–H groups in total.